The highest BCUT2D eigenvalue weighted by Crippen LogP contribution is 2.03. The molecule has 0 amide bonds. The van der Waals surface area contributed by atoms with Crippen molar-refractivity contribution >= 4 is 0 Å². The summed E-state index contributed by atoms with van der Waals surface area (Å²) in [6.45, 7) is 10.8. The Morgan fingerprint density at radius 3 is 1.46 bits per heavy atom. The quantitative estimate of drug-likeness (QED) is 0.722. The lowest BCUT2D eigenvalue weighted by molar-refractivity contribution is 0.00511. The van der Waals surface area contributed by atoms with Crippen molar-refractivity contribution in [3.05, 3.63) is 0 Å². The van der Waals surface area contributed by atoms with Crippen LogP contribution in [0.5, 0.6) is 0 Å². The maximum absolute atomic E-state index is 7.88. The van der Waals surface area contributed by atoms with E-state index in [0.717, 1.165) is 19.3 Å². The summed E-state index contributed by atoms with van der Waals surface area (Å²) < 4.78 is 5.55. The van der Waals surface area contributed by atoms with Crippen LogP contribution in [0.4, 0.5) is 0 Å². The first kappa shape index (κ1) is 15.4. The zero-order valence-corrected chi connectivity index (χ0v) is 9.84. The third kappa shape index (κ3) is 14.7. The van der Waals surface area contributed by atoms with E-state index in [9.17, 15) is 0 Å². The van der Waals surface area contributed by atoms with Crippen LogP contribution in [0.25, 0.3) is 0 Å². The molecule has 0 aromatic heterocycles. The summed E-state index contributed by atoms with van der Waals surface area (Å²) in [6.07, 6.45) is 3.97. The second-order valence-electron chi connectivity index (χ2n) is 3.30. The van der Waals surface area contributed by atoms with Gasteiger partial charge in [0.05, 0.1) is 12.2 Å². The van der Waals surface area contributed by atoms with Crippen molar-refractivity contribution in [1.82, 2.24) is 0 Å². The van der Waals surface area contributed by atoms with Crippen LogP contribution in [0.15, 0.2) is 0 Å². The van der Waals surface area contributed by atoms with Gasteiger partial charge in [0.2, 0.25) is 0 Å². The number of aliphatic hydroxyl groups is 1. The molecule has 0 aliphatic rings. The highest BCUT2D eigenvalue weighted by molar-refractivity contribution is 4.50. The van der Waals surface area contributed by atoms with Crippen LogP contribution in [0.2, 0.25) is 0 Å². The Morgan fingerprint density at radius 2 is 1.31 bits per heavy atom. The summed E-state index contributed by atoms with van der Waals surface area (Å²) in [5.74, 6) is 0. The standard InChI is InChI=1S/C8H18O.C3H8O/c1-5-7(3)9-8(4)6-2;1-2-3-4/h7-8H,5-6H2,1-4H3;4H,2-3H2,1H3. The number of aliphatic hydroxyl groups excluding tert-OH is 1. The fraction of sp³-hybridized carbons (Fsp3) is 1.00. The van der Waals surface area contributed by atoms with E-state index in [1.165, 1.54) is 0 Å². The Balaban J connectivity index is 0. The largest absolute Gasteiger partial charge is 0.396 e. The van der Waals surface area contributed by atoms with Crippen molar-refractivity contribution in [3.63, 3.8) is 0 Å². The zero-order valence-electron chi connectivity index (χ0n) is 9.84. The van der Waals surface area contributed by atoms with Crippen LogP contribution < -0.4 is 0 Å². The van der Waals surface area contributed by atoms with Gasteiger partial charge in [-0.3, -0.25) is 0 Å². The average molecular weight is 190 g/mol. The van der Waals surface area contributed by atoms with Gasteiger partial charge in [0, 0.05) is 6.61 Å². The molecule has 0 aromatic rings. The van der Waals surface area contributed by atoms with Crippen molar-refractivity contribution in [2.24, 2.45) is 0 Å². The first-order valence-corrected chi connectivity index (χ1v) is 5.38. The molecule has 0 saturated carbocycles. The fourth-order valence-corrected chi connectivity index (χ4v) is 0.589. The van der Waals surface area contributed by atoms with E-state index in [-0.39, 0.29) is 0 Å². The van der Waals surface area contributed by atoms with Gasteiger partial charge < -0.3 is 9.84 Å². The third-order valence-corrected chi connectivity index (χ3v) is 1.84. The molecule has 0 saturated heterocycles. The fourth-order valence-electron chi connectivity index (χ4n) is 0.589. The minimum Gasteiger partial charge on any atom is -0.396 e. The van der Waals surface area contributed by atoms with Crippen LogP contribution in [0, 0.1) is 0 Å². The summed E-state index contributed by atoms with van der Waals surface area (Å²) in [7, 11) is 0. The van der Waals surface area contributed by atoms with E-state index in [4.69, 9.17) is 9.84 Å². The topological polar surface area (TPSA) is 29.5 Å². The molecule has 0 bridgehead atoms. The minimum absolute atomic E-state index is 0.319. The Hall–Kier alpha value is -0.0800. The predicted molar refractivity (Wildman–Crippen MR) is 58.0 cm³/mol. The first-order valence-electron chi connectivity index (χ1n) is 5.38. The molecule has 13 heavy (non-hydrogen) atoms. The maximum atomic E-state index is 7.88. The van der Waals surface area contributed by atoms with E-state index >= 15 is 0 Å². The van der Waals surface area contributed by atoms with Gasteiger partial charge in [-0.2, -0.15) is 0 Å². The lowest BCUT2D eigenvalue weighted by Gasteiger charge is -2.15. The molecule has 0 fully saturated rings. The Morgan fingerprint density at radius 1 is 1.00 bits per heavy atom. The highest BCUT2D eigenvalue weighted by atomic mass is 16.5. The summed E-state index contributed by atoms with van der Waals surface area (Å²) in [4.78, 5) is 0. The van der Waals surface area contributed by atoms with Gasteiger partial charge in [0.15, 0.2) is 0 Å². The van der Waals surface area contributed by atoms with Gasteiger partial charge in [0.25, 0.3) is 0 Å². The molecule has 2 unspecified atom stereocenters. The molecular formula is C11H26O2. The van der Waals surface area contributed by atoms with Gasteiger partial charge in [-0.25, -0.2) is 0 Å². The van der Waals surface area contributed by atoms with Gasteiger partial charge in [0.1, 0.15) is 0 Å². The van der Waals surface area contributed by atoms with Crippen molar-refractivity contribution in [2.75, 3.05) is 6.61 Å². The first-order chi connectivity index (χ1) is 6.12. The lowest BCUT2D eigenvalue weighted by Crippen LogP contribution is -2.14. The molecule has 0 heterocycles. The van der Waals surface area contributed by atoms with Crippen LogP contribution >= 0.6 is 0 Å². The molecule has 0 rings (SSSR count). The second kappa shape index (κ2) is 11.9. The highest BCUT2D eigenvalue weighted by Gasteiger charge is 2.02. The third-order valence-electron chi connectivity index (χ3n) is 1.84. The van der Waals surface area contributed by atoms with Crippen LogP contribution in [0.1, 0.15) is 53.9 Å². The molecule has 2 atom stereocenters. The summed E-state index contributed by atoms with van der Waals surface area (Å²) in [5.41, 5.74) is 0. The number of ether oxygens (including phenoxy) is 1. The van der Waals surface area contributed by atoms with Gasteiger partial charge in [-0.1, -0.05) is 20.8 Å². The number of hydrogen-bond acceptors (Lipinski definition) is 2. The smallest absolute Gasteiger partial charge is 0.0548 e. The molecule has 0 aliphatic heterocycles. The van der Waals surface area contributed by atoms with Crippen LogP contribution in [0.3, 0.4) is 0 Å². The van der Waals surface area contributed by atoms with Gasteiger partial charge >= 0.3 is 0 Å². The Labute approximate surface area is 83.3 Å². The number of rotatable bonds is 5. The summed E-state index contributed by atoms with van der Waals surface area (Å²) in [6, 6.07) is 0. The Kier molecular flexibility index (Phi) is 14.1. The van der Waals surface area contributed by atoms with E-state index in [2.05, 4.69) is 27.7 Å². The van der Waals surface area contributed by atoms with Crippen molar-refractivity contribution < 1.29 is 9.84 Å². The van der Waals surface area contributed by atoms with E-state index in [1.54, 1.807) is 0 Å². The molecular weight excluding hydrogens is 164 g/mol. The average Bonchev–Trinajstić information content (AvgIpc) is 2.17. The molecule has 2 nitrogen and oxygen atoms in total. The molecule has 0 spiro atoms. The second-order valence-corrected chi connectivity index (χ2v) is 3.30. The van der Waals surface area contributed by atoms with Crippen molar-refractivity contribution in [2.45, 2.75) is 66.1 Å². The van der Waals surface area contributed by atoms with Crippen molar-refractivity contribution in [3.8, 4) is 0 Å². The molecule has 82 valence electrons. The zero-order chi connectivity index (χ0) is 10.7. The monoisotopic (exact) mass is 190 g/mol. The van der Waals surface area contributed by atoms with E-state index < -0.39 is 0 Å². The SMILES string of the molecule is CCC(C)OC(C)CC.CCCO. The van der Waals surface area contributed by atoms with Gasteiger partial charge in [-0.15, -0.1) is 0 Å². The van der Waals surface area contributed by atoms with E-state index in [0.29, 0.717) is 18.8 Å². The normalized spacial score (nSPS) is 14.3. The van der Waals surface area contributed by atoms with Crippen LogP contribution in [-0.2, 0) is 4.74 Å². The summed E-state index contributed by atoms with van der Waals surface area (Å²) >= 11 is 0. The molecule has 0 aliphatic carbocycles. The summed E-state index contributed by atoms with van der Waals surface area (Å²) in [5, 5.41) is 7.88. The molecule has 1 N–H and O–H groups in total. The molecule has 2 heteroatoms. The minimum atomic E-state index is 0.319. The maximum Gasteiger partial charge on any atom is 0.0548 e. The molecule has 0 aromatic carbocycles. The Bertz CT molecular complexity index is 74.2. The number of hydrogen-bond donors (Lipinski definition) is 1. The lowest BCUT2D eigenvalue weighted by atomic mass is 10.3. The molecule has 0 radical (unpaired) electrons. The van der Waals surface area contributed by atoms with Crippen molar-refractivity contribution in [1.29, 1.82) is 0 Å². The van der Waals surface area contributed by atoms with Gasteiger partial charge in [-0.05, 0) is 33.1 Å². The predicted octanol–water partition coefficient (Wildman–Crippen LogP) is 2.99. The van der Waals surface area contributed by atoms with Crippen LogP contribution in [-0.4, -0.2) is 23.9 Å². The van der Waals surface area contributed by atoms with E-state index in [1.807, 2.05) is 6.92 Å².